The molecule has 0 aromatic rings. The van der Waals surface area contributed by atoms with Crippen LogP contribution in [0.5, 0.6) is 0 Å². The molecule has 1 saturated carbocycles. The Kier molecular flexibility index (Phi) is 6.32. The highest BCUT2D eigenvalue weighted by molar-refractivity contribution is 5.74. The second kappa shape index (κ2) is 8.33. The van der Waals surface area contributed by atoms with Crippen molar-refractivity contribution in [3.05, 3.63) is 11.8 Å². The van der Waals surface area contributed by atoms with E-state index in [4.69, 9.17) is 14.2 Å². The van der Waals surface area contributed by atoms with E-state index >= 15 is 0 Å². The molecule has 4 nitrogen and oxygen atoms in total. The largest absolute Gasteiger partial charge is 0.465 e. The Bertz CT molecular complexity index is 518. The van der Waals surface area contributed by atoms with Gasteiger partial charge in [-0.15, -0.1) is 0 Å². The normalized spacial score (nSPS) is 32.4. The highest BCUT2D eigenvalue weighted by Gasteiger charge is 2.56. The third-order valence-electron chi connectivity index (χ3n) is 6.33. The Morgan fingerprint density at radius 3 is 2.88 bits per heavy atom. The zero-order valence-corrected chi connectivity index (χ0v) is 16.9. The first-order chi connectivity index (χ1) is 12.5. The molecule has 3 rings (SSSR count). The summed E-state index contributed by atoms with van der Waals surface area (Å²) in [5.41, 5.74) is -0.301. The topological polar surface area (TPSA) is 44.8 Å². The van der Waals surface area contributed by atoms with Crippen LogP contribution in [0, 0.1) is 11.3 Å². The Hall–Kier alpha value is -1.03. The zero-order valence-electron chi connectivity index (χ0n) is 16.9. The maximum absolute atomic E-state index is 12.1. The lowest BCUT2D eigenvalue weighted by Gasteiger charge is -2.35. The summed E-state index contributed by atoms with van der Waals surface area (Å²) in [6.45, 7) is 7.63. The predicted molar refractivity (Wildman–Crippen MR) is 101 cm³/mol. The Labute approximate surface area is 158 Å². The molecule has 1 aliphatic carbocycles. The van der Waals surface area contributed by atoms with E-state index in [1.54, 1.807) is 0 Å². The van der Waals surface area contributed by atoms with E-state index in [2.05, 4.69) is 26.8 Å². The predicted octanol–water partition coefficient (Wildman–Crippen LogP) is 5.51. The van der Waals surface area contributed by atoms with Gasteiger partial charge in [0.1, 0.15) is 5.76 Å². The molecular formula is C22H36O4. The molecule has 148 valence electrons. The second-order valence-electron chi connectivity index (χ2n) is 9.11. The lowest BCUT2D eigenvalue weighted by Crippen LogP contribution is -2.37. The summed E-state index contributed by atoms with van der Waals surface area (Å²) in [5.74, 6) is 1.07. The molecule has 0 aromatic carbocycles. The van der Waals surface area contributed by atoms with Gasteiger partial charge in [0.25, 0.3) is 0 Å². The van der Waals surface area contributed by atoms with Crippen molar-refractivity contribution in [1.29, 1.82) is 0 Å². The number of carbonyl (C=O) groups is 1. The van der Waals surface area contributed by atoms with Gasteiger partial charge >= 0.3 is 5.97 Å². The highest BCUT2D eigenvalue weighted by Crippen LogP contribution is 2.51. The fourth-order valence-corrected chi connectivity index (χ4v) is 4.66. The van der Waals surface area contributed by atoms with Crippen molar-refractivity contribution in [2.24, 2.45) is 11.3 Å². The number of hydrogen-bond donors (Lipinski definition) is 0. The van der Waals surface area contributed by atoms with Crippen molar-refractivity contribution in [3.63, 3.8) is 0 Å². The summed E-state index contributed by atoms with van der Waals surface area (Å²) in [4.78, 5) is 12.1. The van der Waals surface area contributed by atoms with Gasteiger partial charge in [0, 0.05) is 12.3 Å². The van der Waals surface area contributed by atoms with Gasteiger partial charge in [-0.2, -0.15) is 0 Å². The van der Waals surface area contributed by atoms with Gasteiger partial charge in [-0.25, -0.2) is 0 Å². The summed E-state index contributed by atoms with van der Waals surface area (Å²) in [5, 5.41) is 0. The molecular weight excluding hydrogens is 328 g/mol. The first kappa shape index (κ1) is 19.7. The van der Waals surface area contributed by atoms with Crippen LogP contribution in [0.1, 0.15) is 91.4 Å². The van der Waals surface area contributed by atoms with Gasteiger partial charge in [0.15, 0.2) is 11.9 Å². The third kappa shape index (κ3) is 4.44. The van der Waals surface area contributed by atoms with Crippen LogP contribution < -0.4 is 0 Å². The van der Waals surface area contributed by atoms with Gasteiger partial charge < -0.3 is 14.2 Å². The maximum Gasteiger partial charge on any atom is 0.307 e. The minimum atomic E-state index is -0.529. The van der Waals surface area contributed by atoms with E-state index in [0.717, 1.165) is 57.3 Å². The molecule has 4 heteroatoms. The molecule has 0 radical (unpaired) electrons. The molecule has 0 spiro atoms. The van der Waals surface area contributed by atoms with Crippen molar-refractivity contribution in [1.82, 2.24) is 0 Å². The lowest BCUT2D eigenvalue weighted by molar-refractivity contribution is -0.171. The van der Waals surface area contributed by atoms with E-state index in [0.29, 0.717) is 6.42 Å². The monoisotopic (exact) mass is 364 g/mol. The van der Waals surface area contributed by atoms with Crippen molar-refractivity contribution in [3.8, 4) is 0 Å². The number of allylic oxidation sites excluding steroid dienone is 1. The van der Waals surface area contributed by atoms with Gasteiger partial charge in [-0.1, -0.05) is 33.6 Å². The quantitative estimate of drug-likeness (QED) is 0.421. The number of esters is 1. The smallest absolute Gasteiger partial charge is 0.307 e. The average molecular weight is 365 g/mol. The fraction of sp³-hybridized carbons (Fsp3) is 0.864. The molecule has 26 heavy (non-hydrogen) atoms. The van der Waals surface area contributed by atoms with Crippen molar-refractivity contribution in [2.75, 3.05) is 6.61 Å². The zero-order chi connectivity index (χ0) is 18.6. The molecule has 3 aliphatic rings. The number of ether oxygens (including phenoxy) is 3. The first-order valence-electron chi connectivity index (χ1n) is 10.7. The Balaban J connectivity index is 1.79. The second-order valence-corrected chi connectivity index (χ2v) is 9.11. The summed E-state index contributed by atoms with van der Waals surface area (Å²) < 4.78 is 18.2. The van der Waals surface area contributed by atoms with Crippen LogP contribution in [0.15, 0.2) is 11.8 Å². The number of unbranched alkanes of at least 4 members (excludes halogenated alkanes) is 1. The van der Waals surface area contributed by atoms with Crippen LogP contribution in [0.4, 0.5) is 0 Å². The van der Waals surface area contributed by atoms with Crippen LogP contribution >= 0.6 is 0 Å². The number of rotatable bonds is 8. The van der Waals surface area contributed by atoms with E-state index in [9.17, 15) is 4.79 Å². The van der Waals surface area contributed by atoms with Gasteiger partial charge in [0.05, 0.1) is 13.0 Å². The van der Waals surface area contributed by atoms with Crippen molar-refractivity contribution >= 4 is 5.97 Å². The molecule has 2 heterocycles. The molecule has 0 N–H and O–H groups in total. The van der Waals surface area contributed by atoms with Gasteiger partial charge in [-0.05, 0) is 56.4 Å². The number of carbonyl (C=O) groups excluding carboxylic acids is 1. The Morgan fingerprint density at radius 1 is 1.31 bits per heavy atom. The first-order valence-corrected chi connectivity index (χ1v) is 10.7. The standard InChI is InChI=1S/C22H36O4/c1-4-5-12-21(2,3)14-11-18(25-20-10-6-7-15-24-20)22-13-8-9-17(22)16-19(23)26-22/h11,17,20H,4-10,12-16H2,1-3H3. The highest BCUT2D eigenvalue weighted by atomic mass is 16.7. The Morgan fingerprint density at radius 2 is 2.15 bits per heavy atom. The van der Waals surface area contributed by atoms with Crippen LogP contribution in [-0.2, 0) is 19.0 Å². The molecule has 2 saturated heterocycles. The molecule has 3 fully saturated rings. The molecule has 0 amide bonds. The van der Waals surface area contributed by atoms with E-state index in [1.165, 1.54) is 19.3 Å². The number of fused-ring (bicyclic) bond motifs is 1. The SMILES string of the molecule is CCCCC(C)(C)CC=C(OC1CCCCO1)C12CCCC1CC(=O)O2. The minimum Gasteiger partial charge on any atom is -0.465 e. The van der Waals surface area contributed by atoms with Gasteiger partial charge in [-0.3, -0.25) is 4.79 Å². The van der Waals surface area contributed by atoms with Crippen LogP contribution in [0.25, 0.3) is 0 Å². The summed E-state index contributed by atoms with van der Waals surface area (Å²) in [7, 11) is 0. The minimum absolute atomic E-state index is 0.0704. The fourth-order valence-electron chi connectivity index (χ4n) is 4.66. The molecule has 3 atom stereocenters. The average Bonchev–Trinajstić information content (AvgIpc) is 3.14. The van der Waals surface area contributed by atoms with E-state index < -0.39 is 5.60 Å². The van der Waals surface area contributed by atoms with Crippen molar-refractivity contribution < 1.29 is 19.0 Å². The molecule has 0 aromatic heterocycles. The third-order valence-corrected chi connectivity index (χ3v) is 6.33. The summed E-state index contributed by atoms with van der Waals surface area (Å²) in [6.07, 6.45) is 13.4. The van der Waals surface area contributed by atoms with E-state index in [-0.39, 0.29) is 23.6 Å². The number of hydrogen-bond acceptors (Lipinski definition) is 4. The van der Waals surface area contributed by atoms with Crippen LogP contribution in [0.2, 0.25) is 0 Å². The van der Waals surface area contributed by atoms with Gasteiger partial charge in [0.2, 0.25) is 0 Å². The molecule has 2 aliphatic heterocycles. The van der Waals surface area contributed by atoms with Crippen molar-refractivity contribution in [2.45, 2.75) is 103 Å². The molecule has 3 unspecified atom stereocenters. The summed E-state index contributed by atoms with van der Waals surface area (Å²) >= 11 is 0. The maximum atomic E-state index is 12.1. The summed E-state index contributed by atoms with van der Waals surface area (Å²) in [6, 6.07) is 0. The van der Waals surface area contributed by atoms with E-state index in [1.807, 2.05) is 0 Å². The van der Waals surface area contributed by atoms with Crippen LogP contribution in [0.3, 0.4) is 0 Å². The van der Waals surface area contributed by atoms with Crippen LogP contribution in [-0.4, -0.2) is 24.5 Å². The molecule has 0 bridgehead atoms. The lowest BCUT2D eigenvalue weighted by atomic mass is 9.82.